The van der Waals surface area contributed by atoms with Crippen LogP contribution in [-0.4, -0.2) is 166 Å². The highest BCUT2D eigenvalue weighted by molar-refractivity contribution is 7.98. The Hall–Kier alpha value is -4.72. The third-order valence-corrected chi connectivity index (χ3v) is 10.7. The van der Waals surface area contributed by atoms with Gasteiger partial charge in [-0.1, -0.05) is 55.4 Å². The number of nitrogens with one attached hydrogen (secondary N) is 9. The average molecular weight is 979 g/mol. The molecule has 0 heterocycles. The van der Waals surface area contributed by atoms with Gasteiger partial charge in [0, 0.05) is 5.75 Å². The number of hydrogen-bond donors (Lipinski definition) is 14. The summed E-state index contributed by atoms with van der Waals surface area (Å²) >= 11 is 5.63. The smallest absolute Gasteiger partial charge is 0.326 e. The van der Waals surface area contributed by atoms with Crippen LogP contribution in [0.1, 0.15) is 81.6 Å². The maximum absolute atomic E-state index is 13.4. The summed E-state index contributed by atoms with van der Waals surface area (Å²) in [5.74, 6) is -9.53. The van der Waals surface area contributed by atoms with Gasteiger partial charge in [-0.3, -0.25) is 43.2 Å². The van der Waals surface area contributed by atoms with E-state index in [1.54, 1.807) is 41.5 Å². The van der Waals surface area contributed by atoms with Gasteiger partial charge < -0.3 is 68.9 Å². The van der Waals surface area contributed by atoms with Crippen molar-refractivity contribution < 1.29 is 63.3 Å². The number of rotatable bonds is 31. The molecule has 9 amide bonds. The van der Waals surface area contributed by atoms with Crippen LogP contribution < -0.4 is 53.6 Å². The molecule has 23 nitrogen and oxygen atoms in total. The molecule has 0 saturated carbocycles. The largest absolute Gasteiger partial charge is 0.480 e. The Bertz CT molecular complexity index is 1650. The molecule has 0 aliphatic carbocycles. The van der Waals surface area contributed by atoms with Gasteiger partial charge in [-0.2, -0.15) is 24.4 Å². The summed E-state index contributed by atoms with van der Waals surface area (Å²) in [5, 5.41) is 51.4. The van der Waals surface area contributed by atoms with Crippen LogP contribution in [0, 0.1) is 23.7 Å². The molecule has 0 aliphatic rings. The van der Waals surface area contributed by atoms with E-state index in [-0.39, 0.29) is 30.4 Å². The third-order valence-electron chi connectivity index (χ3n) is 9.71. The SMILES string of the molecule is CSCC[C@H](N)C(=O)N[C@@H](CC(C)C)C(=O)N[C@H](C(=O)NCC(=O)NCC(=O)N[C@@H](CO)C(=O)N[C@H](C(=O)N[C@@H](CC(C)C)C(=O)N[C@@H](CS)C(=O)N[C@H](C(=O)O)C(C)C)[C@@H](C)O)C(C)C. The van der Waals surface area contributed by atoms with Crippen LogP contribution in [0.5, 0.6) is 0 Å². The molecule has 14 N–H and O–H groups in total. The van der Waals surface area contributed by atoms with Gasteiger partial charge in [-0.25, -0.2) is 4.79 Å². The van der Waals surface area contributed by atoms with Crippen LogP contribution in [0.4, 0.5) is 0 Å². The molecule has 0 aromatic carbocycles. The molecule has 0 radical (unpaired) electrons. The Kier molecular flexibility index (Phi) is 29.1. The number of carboxylic acids is 1. The van der Waals surface area contributed by atoms with Crippen LogP contribution in [-0.2, 0) is 47.9 Å². The zero-order valence-electron chi connectivity index (χ0n) is 39.5. The maximum atomic E-state index is 13.4. The predicted molar refractivity (Wildman–Crippen MR) is 249 cm³/mol. The van der Waals surface area contributed by atoms with Gasteiger partial charge in [0.1, 0.15) is 42.3 Å². The summed E-state index contributed by atoms with van der Waals surface area (Å²) in [5.41, 5.74) is 5.98. The molecule has 9 atom stereocenters. The fourth-order valence-electron chi connectivity index (χ4n) is 5.96. The molecule has 0 bridgehead atoms. The van der Waals surface area contributed by atoms with E-state index in [9.17, 15) is 63.3 Å². The minimum absolute atomic E-state index is 0.00437. The normalized spacial score (nSPS) is 15.4. The minimum Gasteiger partial charge on any atom is -0.480 e. The van der Waals surface area contributed by atoms with E-state index in [0.29, 0.717) is 12.2 Å². The Labute approximate surface area is 396 Å². The highest BCUT2D eigenvalue weighted by atomic mass is 32.2. The number of carbonyl (C=O) groups excluding carboxylic acids is 9. The zero-order chi connectivity index (χ0) is 51.0. The Morgan fingerprint density at radius 1 is 0.545 bits per heavy atom. The van der Waals surface area contributed by atoms with Gasteiger partial charge in [0.25, 0.3) is 0 Å². The Balaban J connectivity index is 5.56. The molecule has 25 heteroatoms. The van der Waals surface area contributed by atoms with Crippen LogP contribution in [0.15, 0.2) is 0 Å². The van der Waals surface area contributed by atoms with Crippen LogP contribution in [0.25, 0.3) is 0 Å². The molecular weight excluding hydrogens is 905 g/mol. The highest BCUT2D eigenvalue weighted by Crippen LogP contribution is 2.11. The molecule has 0 spiro atoms. The van der Waals surface area contributed by atoms with E-state index < -0.39 is 145 Å². The molecule has 66 heavy (non-hydrogen) atoms. The molecule has 0 aromatic rings. The lowest BCUT2D eigenvalue weighted by molar-refractivity contribution is -0.143. The number of aliphatic hydroxyl groups excluding tert-OH is 2. The number of aliphatic hydroxyl groups is 2. The van der Waals surface area contributed by atoms with Gasteiger partial charge in [0.15, 0.2) is 0 Å². The second-order valence-electron chi connectivity index (χ2n) is 17.3. The van der Waals surface area contributed by atoms with Crippen molar-refractivity contribution in [3.8, 4) is 0 Å². The Morgan fingerprint density at radius 2 is 0.985 bits per heavy atom. The number of thioether (sulfide) groups is 1. The molecule has 378 valence electrons. The van der Waals surface area contributed by atoms with E-state index in [4.69, 9.17) is 5.73 Å². The van der Waals surface area contributed by atoms with Crippen molar-refractivity contribution >= 4 is 83.5 Å². The first-order valence-electron chi connectivity index (χ1n) is 21.7. The molecular formula is C41H74N10O13S2. The zero-order valence-corrected chi connectivity index (χ0v) is 41.2. The number of aliphatic carboxylic acids is 1. The molecule has 0 saturated heterocycles. The van der Waals surface area contributed by atoms with Crippen molar-refractivity contribution in [2.24, 2.45) is 29.4 Å². The van der Waals surface area contributed by atoms with E-state index in [0.717, 1.165) is 6.92 Å². The molecule has 0 unspecified atom stereocenters. The lowest BCUT2D eigenvalue weighted by Gasteiger charge is -2.28. The minimum atomic E-state index is -1.73. The first kappa shape index (κ1) is 61.3. The quantitative estimate of drug-likeness (QED) is 0.0300. The fourth-order valence-corrected chi connectivity index (χ4v) is 6.71. The second-order valence-corrected chi connectivity index (χ2v) is 18.7. The summed E-state index contributed by atoms with van der Waals surface area (Å²) in [4.78, 5) is 129. The summed E-state index contributed by atoms with van der Waals surface area (Å²) in [7, 11) is 0. The van der Waals surface area contributed by atoms with Crippen molar-refractivity contribution in [3.63, 3.8) is 0 Å². The first-order valence-corrected chi connectivity index (χ1v) is 23.8. The van der Waals surface area contributed by atoms with Gasteiger partial charge >= 0.3 is 5.97 Å². The van der Waals surface area contributed by atoms with Crippen molar-refractivity contribution in [2.45, 2.75) is 136 Å². The van der Waals surface area contributed by atoms with Crippen molar-refractivity contribution in [1.82, 2.24) is 47.9 Å². The van der Waals surface area contributed by atoms with Crippen LogP contribution in [0.3, 0.4) is 0 Å². The first-order chi connectivity index (χ1) is 30.7. The second kappa shape index (κ2) is 31.3. The monoisotopic (exact) mass is 978 g/mol. The van der Waals surface area contributed by atoms with Crippen LogP contribution >= 0.6 is 24.4 Å². The number of carboxylic acid groups (broad SMARTS) is 1. The Morgan fingerprint density at radius 3 is 1.44 bits per heavy atom. The lowest BCUT2D eigenvalue weighted by Crippen LogP contribution is -2.62. The maximum Gasteiger partial charge on any atom is 0.326 e. The topological polar surface area (TPSA) is 366 Å². The molecule has 0 aromatic heterocycles. The highest BCUT2D eigenvalue weighted by Gasteiger charge is 2.35. The number of hydrogen-bond acceptors (Lipinski definition) is 15. The van der Waals surface area contributed by atoms with Gasteiger partial charge in [-0.05, 0) is 61.9 Å². The number of carbonyl (C=O) groups is 10. The van der Waals surface area contributed by atoms with E-state index in [2.05, 4.69) is 60.5 Å². The van der Waals surface area contributed by atoms with Gasteiger partial charge in [0.05, 0.1) is 31.8 Å². The summed E-state index contributed by atoms with van der Waals surface area (Å²) in [6.07, 6.45) is 0.987. The number of amides is 9. The van der Waals surface area contributed by atoms with Crippen LogP contribution in [0.2, 0.25) is 0 Å². The van der Waals surface area contributed by atoms with E-state index in [1.807, 2.05) is 20.1 Å². The van der Waals surface area contributed by atoms with E-state index in [1.165, 1.54) is 11.8 Å². The van der Waals surface area contributed by atoms with Crippen molar-refractivity contribution in [3.05, 3.63) is 0 Å². The molecule has 0 aliphatic heterocycles. The van der Waals surface area contributed by atoms with Crippen molar-refractivity contribution in [1.29, 1.82) is 0 Å². The number of nitrogens with two attached hydrogens (primary N) is 1. The predicted octanol–water partition coefficient (Wildman–Crippen LogP) is -3.52. The average Bonchev–Trinajstić information content (AvgIpc) is 3.23. The fraction of sp³-hybridized carbons (Fsp3) is 0.756. The summed E-state index contributed by atoms with van der Waals surface area (Å²) < 4.78 is 0. The summed E-state index contributed by atoms with van der Waals surface area (Å²) in [6, 6.07) is -10.2. The standard InChI is InChI=1S/C41H74N10O13S2/c1-19(2)13-25(35(57)48-28(18-65)38(60)50-32(22(7)8)41(63)64)47-40(62)33(23(9)53)51-37(59)27(17-52)45-30(55)16-43-29(54)15-44-39(61)31(21(5)6)49-36(58)26(14-20(3)4)46-34(56)24(42)11-12-66-10/h19-28,31-33,52-53,65H,11-18,42H2,1-10H3,(H,43,54)(H,44,61)(H,45,55)(H,46,56)(H,47,62)(H,48,57)(H,49,58)(H,50,60)(H,51,59)(H,63,64)/t23-,24+,25+,26+,27+,28+,31+,32+,33+/m1/s1. The van der Waals surface area contributed by atoms with E-state index >= 15 is 0 Å². The summed E-state index contributed by atoms with van der Waals surface area (Å²) in [6.45, 7) is 12.5. The number of thiol groups is 1. The lowest BCUT2D eigenvalue weighted by atomic mass is 9.99. The molecule has 0 fully saturated rings. The molecule has 0 rings (SSSR count). The van der Waals surface area contributed by atoms with Gasteiger partial charge in [-0.15, -0.1) is 0 Å². The van der Waals surface area contributed by atoms with Gasteiger partial charge in [0.2, 0.25) is 53.2 Å². The third kappa shape index (κ3) is 23.1. The van der Waals surface area contributed by atoms with Crippen molar-refractivity contribution in [2.75, 3.05) is 37.5 Å².